The van der Waals surface area contributed by atoms with E-state index in [9.17, 15) is 5.26 Å². The van der Waals surface area contributed by atoms with Crippen molar-refractivity contribution in [2.75, 3.05) is 17.7 Å². The maximum atomic E-state index is 9.22. The molecule has 0 saturated heterocycles. The number of aromatic nitrogens is 3. The van der Waals surface area contributed by atoms with Crippen LogP contribution in [0.5, 0.6) is 0 Å². The summed E-state index contributed by atoms with van der Waals surface area (Å²) in [6.07, 6.45) is 2.10. The van der Waals surface area contributed by atoms with Crippen LogP contribution in [-0.4, -0.2) is 27.5 Å². The van der Waals surface area contributed by atoms with E-state index in [1.54, 1.807) is 7.05 Å². The average Bonchev–Trinajstić information content (AvgIpc) is 3.12. The molecule has 2 N–H and O–H groups in total. The molecule has 1 atom stereocenters. The molecule has 2 rings (SSSR count). The van der Waals surface area contributed by atoms with Gasteiger partial charge < -0.3 is 10.6 Å². The standard InChI is InChI=1S/C10H13ClN6/c1-10(5-12,6-3-4-6)17-9-15-7(11)14-8(13-2)16-9/h6H,3-4H2,1-2H3,(H2,13,14,15,16,17). The lowest BCUT2D eigenvalue weighted by Crippen LogP contribution is -2.36. The highest BCUT2D eigenvalue weighted by atomic mass is 35.5. The Bertz CT molecular complexity index is 466. The molecule has 0 radical (unpaired) electrons. The van der Waals surface area contributed by atoms with E-state index >= 15 is 0 Å². The lowest BCUT2D eigenvalue weighted by Gasteiger charge is -2.22. The Labute approximate surface area is 104 Å². The fourth-order valence-electron chi connectivity index (χ4n) is 1.63. The molecule has 7 heteroatoms. The fourth-order valence-corrected chi connectivity index (χ4v) is 1.79. The topological polar surface area (TPSA) is 86.5 Å². The van der Waals surface area contributed by atoms with Gasteiger partial charge in [0.25, 0.3) is 0 Å². The van der Waals surface area contributed by atoms with Crippen LogP contribution in [0.15, 0.2) is 0 Å². The number of nitriles is 1. The van der Waals surface area contributed by atoms with Crippen LogP contribution in [0, 0.1) is 17.2 Å². The number of nitrogens with one attached hydrogen (secondary N) is 2. The minimum atomic E-state index is -0.643. The van der Waals surface area contributed by atoms with Crippen LogP contribution in [0.3, 0.4) is 0 Å². The third-order valence-corrected chi connectivity index (χ3v) is 3.00. The first-order valence-electron chi connectivity index (χ1n) is 5.36. The van der Waals surface area contributed by atoms with Gasteiger partial charge in [-0.05, 0) is 37.3 Å². The summed E-state index contributed by atoms with van der Waals surface area (Å²) in [4.78, 5) is 12.0. The van der Waals surface area contributed by atoms with Gasteiger partial charge >= 0.3 is 0 Å². The molecule has 0 bridgehead atoms. The molecule has 90 valence electrons. The SMILES string of the molecule is CNc1nc(Cl)nc(NC(C)(C#N)C2CC2)n1. The van der Waals surface area contributed by atoms with E-state index in [-0.39, 0.29) is 5.28 Å². The smallest absolute Gasteiger partial charge is 0.230 e. The van der Waals surface area contributed by atoms with E-state index < -0.39 is 5.54 Å². The van der Waals surface area contributed by atoms with Crippen molar-refractivity contribution in [1.29, 1.82) is 5.26 Å². The second kappa shape index (κ2) is 4.34. The van der Waals surface area contributed by atoms with Crippen molar-refractivity contribution in [3.8, 4) is 6.07 Å². The molecule has 0 aromatic carbocycles. The lowest BCUT2D eigenvalue weighted by atomic mass is 9.98. The highest BCUT2D eigenvalue weighted by molar-refractivity contribution is 6.28. The second-order valence-corrected chi connectivity index (χ2v) is 4.55. The number of halogens is 1. The molecular weight excluding hydrogens is 240 g/mol. The zero-order chi connectivity index (χ0) is 12.5. The normalized spacial score (nSPS) is 18.0. The van der Waals surface area contributed by atoms with Crippen molar-refractivity contribution in [3.05, 3.63) is 5.28 Å². The molecule has 1 saturated carbocycles. The maximum absolute atomic E-state index is 9.22. The predicted molar refractivity (Wildman–Crippen MR) is 64.7 cm³/mol. The monoisotopic (exact) mass is 252 g/mol. The first-order valence-corrected chi connectivity index (χ1v) is 5.74. The van der Waals surface area contributed by atoms with Crippen LogP contribution in [0.2, 0.25) is 5.28 Å². The molecule has 17 heavy (non-hydrogen) atoms. The molecule has 0 aliphatic heterocycles. The van der Waals surface area contributed by atoms with Gasteiger partial charge in [-0.1, -0.05) is 0 Å². The Morgan fingerprint density at radius 3 is 2.53 bits per heavy atom. The average molecular weight is 253 g/mol. The van der Waals surface area contributed by atoms with Crippen molar-refractivity contribution >= 4 is 23.5 Å². The van der Waals surface area contributed by atoms with E-state index in [1.807, 2.05) is 6.92 Å². The molecule has 1 heterocycles. The number of anilines is 2. The summed E-state index contributed by atoms with van der Waals surface area (Å²) in [7, 11) is 1.69. The molecule has 0 amide bonds. The zero-order valence-electron chi connectivity index (χ0n) is 9.66. The largest absolute Gasteiger partial charge is 0.357 e. The van der Waals surface area contributed by atoms with Crippen LogP contribution in [0.4, 0.5) is 11.9 Å². The minimum absolute atomic E-state index is 0.0999. The summed E-state index contributed by atoms with van der Waals surface area (Å²) >= 11 is 5.77. The van der Waals surface area contributed by atoms with Crippen LogP contribution >= 0.6 is 11.6 Å². The van der Waals surface area contributed by atoms with Gasteiger partial charge in [0.05, 0.1) is 6.07 Å². The van der Waals surface area contributed by atoms with E-state index in [2.05, 4.69) is 31.7 Å². The van der Waals surface area contributed by atoms with Gasteiger partial charge in [0, 0.05) is 7.05 Å². The first kappa shape index (κ1) is 11.9. The van der Waals surface area contributed by atoms with E-state index in [1.165, 1.54) is 0 Å². The third-order valence-electron chi connectivity index (χ3n) is 2.83. The summed E-state index contributed by atoms with van der Waals surface area (Å²) in [5.74, 6) is 1.05. The Morgan fingerprint density at radius 1 is 1.35 bits per heavy atom. The predicted octanol–water partition coefficient (Wildman–Crippen LogP) is 1.67. The van der Waals surface area contributed by atoms with Crippen LogP contribution in [-0.2, 0) is 0 Å². The Balaban J connectivity index is 2.23. The summed E-state index contributed by atoms with van der Waals surface area (Å²) in [6, 6.07) is 2.27. The molecule has 1 fully saturated rings. The van der Waals surface area contributed by atoms with Crippen molar-refractivity contribution in [1.82, 2.24) is 15.0 Å². The first-order chi connectivity index (χ1) is 8.07. The fraction of sp³-hybridized carbons (Fsp3) is 0.600. The minimum Gasteiger partial charge on any atom is -0.357 e. The number of rotatable bonds is 4. The molecule has 1 unspecified atom stereocenters. The quantitative estimate of drug-likeness (QED) is 0.848. The van der Waals surface area contributed by atoms with Gasteiger partial charge in [-0.3, -0.25) is 0 Å². The van der Waals surface area contributed by atoms with E-state index in [0.29, 0.717) is 17.8 Å². The molecule has 1 aromatic heterocycles. The summed E-state index contributed by atoms with van der Waals surface area (Å²) < 4.78 is 0. The van der Waals surface area contributed by atoms with Crippen LogP contribution in [0.1, 0.15) is 19.8 Å². The van der Waals surface area contributed by atoms with Crippen molar-refractivity contribution < 1.29 is 0 Å². The summed E-state index contributed by atoms with van der Waals surface area (Å²) in [6.45, 7) is 1.85. The Kier molecular flexibility index (Phi) is 3.03. The molecule has 6 nitrogen and oxygen atoms in total. The maximum Gasteiger partial charge on any atom is 0.230 e. The number of hydrogen-bond acceptors (Lipinski definition) is 6. The van der Waals surface area contributed by atoms with Gasteiger partial charge in [0.15, 0.2) is 0 Å². The van der Waals surface area contributed by atoms with Crippen molar-refractivity contribution in [2.24, 2.45) is 5.92 Å². The molecule has 1 aromatic rings. The van der Waals surface area contributed by atoms with Gasteiger partial charge in [-0.2, -0.15) is 20.2 Å². The Hall–Kier alpha value is -1.61. The van der Waals surface area contributed by atoms with Gasteiger partial charge in [0.2, 0.25) is 17.2 Å². The summed E-state index contributed by atoms with van der Waals surface area (Å²) in [5.41, 5.74) is -0.643. The van der Waals surface area contributed by atoms with Gasteiger partial charge in [0.1, 0.15) is 5.54 Å². The third kappa shape index (κ3) is 2.56. The van der Waals surface area contributed by atoms with Crippen LogP contribution < -0.4 is 10.6 Å². The number of nitrogens with zero attached hydrogens (tertiary/aromatic N) is 4. The molecule has 0 spiro atoms. The molecular formula is C10H13ClN6. The lowest BCUT2D eigenvalue weighted by molar-refractivity contribution is 0.561. The summed E-state index contributed by atoms with van der Waals surface area (Å²) in [5, 5.41) is 15.1. The van der Waals surface area contributed by atoms with Gasteiger partial charge in [-0.25, -0.2) is 0 Å². The molecule has 1 aliphatic rings. The number of hydrogen-bond donors (Lipinski definition) is 2. The second-order valence-electron chi connectivity index (χ2n) is 4.22. The highest BCUT2D eigenvalue weighted by Gasteiger charge is 2.42. The molecule has 1 aliphatic carbocycles. The highest BCUT2D eigenvalue weighted by Crippen LogP contribution is 2.40. The van der Waals surface area contributed by atoms with Crippen LogP contribution in [0.25, 0.3) is 0 Å². The van der Waals surface area contributed by atoms with Crippen molar-refractivity contribution in [3.63, 3.8) is 0 Å². The Morgan fingerprint density at radius 2 is 2.00 bits per heavy atom. The van der Waals surface area contributed by atoms with E-state index in [4.69, 9.17) is 11.6 Å². The van der Waals surface area contributed by atoms with Gasteiger partial charge in [-0.15, -0.1) is 0 Å². The van der Waals surface area contributed by atoms with E-state index in [0.717, 1.165) is 12.8 Å². The zero-order valence-corrected chi connectivity index (χ0v) is 10.4. The van der Waals surface area contributed by atoms with Crippen molar-refractivity contribution in [2.45, 2.75) is 25.3 Å².